The Labute approximate surface area is 119 Å². The fraction of sp³-hybridized carbons (Fsp3) is 0.917. The van der Waals surface area contributed by atoms with Crippen molar-refractivity contribution >= 4 is 16.2 Å². The van der Waals surface area contributed by atoms with Crippen LogP contribution in [0.4, 0.5) is 0 Å². The van der Waals surface area contributed by atoms with Crippen LogP contribution in [0, 0.1) is 5.92 Å². The number of hydrogen-bond acceptors (Lipinski definition) is 4. The first-order chi connectivity index (χ1) is 9.36. The van der Waals surface area contributed by atoms with Crippen molar-refractivity contribution in [2.75, 3.05) is 26.3 Å². The molecule has 7 nitrogen and oxygen atoms in total. The molecule has 2 N–H and O–H groups in total. The number of nitrogens with zero attached hydrogens (tertiary/aromatic N) is 1. The van der Waals surface area contributed by atoms with Crippen molar-refractivity contribution in [1.29, 1.82) is 0 Å². The first-order valence-corrected chi connectivity index (χ1v) is 8.40. The summed E-state index contributed by atoms with van der Waals surface area (Å²) in [5.41, 5.74) is -1.37. The second kappa shape index (κ2) is 5.97. The summed E-state index contributed by atoms with van der Waals surface area (Å²) in [5, 5.41) is 9.50. The summed E-state index contributed by atoms with van der Waals surface area (Å²) in [6.07, 6.45) is 2.34. The fourth-order valence-corrected chi connectivity index (χ4v) is 4.51. The minimum absolute atomic E-state index is 0.201. The van der Waals surface area contributed by atoms with Gasteiger partial charge in [-0.05, 0) is 18.8 Å². The van der Waals surface area contributed by atoms with E-state index in [2.05, 4.69) is 4.72 Å². The number of carboxylic acid groups (broad SMARTS) is 1. The SMILES string of the molecule is CC1CCCC(NS(=O)(=O)N2CCOCC2)(C(=O)O)C1. The Morgan fingerprint density at radius 2 is 2.05 bits per heavy atom. The molecule has 2 unspecified atom stereocenters. The molecule has 0 amide bonds. The molecule has 1 aliphatic heterocycles. The molecule has 2 aliphatic rings. The van der Waals surface area contributed by atoms with E-state index in [9.17, 15) is 18.3 Å². The molecule has 1 saturated heterocycles. The molecule has 0 aromatic rings. The van der Waals surface area contributed by atoms with Crippen LogP contribution in [0.1, 0.15) is 32.6 Å². The third-order valence-electron chi connectivity index (χ3n) is 4.04. The van der Waals surface area contributed by atoms with Crippen LogP contribution in [0.15, 0.2) is 0 Å². The lowest BCUT2D eigenvalue weighted by Crippen LogP contribution is -2.60. The Bertz CT molecular complexity index is 460. The summed E-state index contributed by atoms with van der Waals surface area (Å²) in [6.45, 7) is 3.18. The molecule has 0 spiro atoms. The number of aliphatic carboxylic acids is 1. The standard InChI is InChI=1S/C12H22N2O5S/c1-10-3-2-4-12(9-10,11(15)16)13-20(17,18)14-5-7-19-8-6-14/h10,13H,2-9H2,1H3,(H,15,16). The van der Waals surface area contributed by atoms with Gasteiger partial charge in [-0.2, -0.15) is 17.4 Å². The summed E-state index contributed by atoms with van der Waals surface area (Å²) in [5.74, 6) is -0.881. The third-order valence-corrected chi connectivity index (χ3v) is 5.73. The second-order valence-corrected chi connectivity index (χ2v) is 7.38. The van der Waals surface area contributed by atoms with Gasteiger partial charge >= 0.3 is 5.97 Å². The number of carbonyl (C=O) groups is 1. The lowest BCUT2D eigenvalue weighted by atomic mass is 9.77. The van der Waals surface area contributed by atoms with Crippen LogP contribution in [0.25, 0.3) is 0 Å². The summed E-state index contributed by atoms with van der Waals surface area (Å²) in [6, 6.07) is 0. The molecular formula is C12H22N2O5S. The highest BCUT2D eigenvalue weighted by Crippen LogP contribution is 2.33. The lowest BCUT2D eigenvalue weighted by molar-refractivity contribution is -0.146. The van der Waals surface area contributed by atoms with Crippen LogP contribution in [0.3, 0.4) is 0 Å². The van der Waals surface area contributed by atoms with Crippen molar-refractivity contribution in [3.8, 4) is 0 Å². The van der Waals surface area contributed by atoms with Gasteiger partial charge in [-0.15, -0.1) is 0 Å². The average Bonchev–Trinajstić information content (AvgIpc) is 2.39. The molecule has 0 aromatic carbocycles. The number of nitrogens with one attached hydrogen (secondary N) is 1. The maximum Gasteiger partial charge on any atom is 0.324 e. The minimum atomic E-state index is -3.79. The first kappa shape index (κ1) is 15.7. The van der Waals surface area contributed by atoms with Crippen LogP contribution in [0.5, 0.6) is 0 Å². The zero-order valence-electron chi connectivity index (χ0n) is 11.7. The van der Waals surface area contributed by atoms with Crippen molar-refractivity contribution in [3.63, 3.8) is 0 Å². The van der Waals surface area contributed by atoms with Crippen LogP contribution in [0.2, 0.25) is 0 Å². The minimum Gasteiger partial charge on any atom is -0.480 e. The van der Waals surface area contributed by atoms with Crippen molar-refractivity contribution in [1.82, 2.24) is 9.03 Å². The van der Waals surface area contributed by atoms with Crippen molar-refractivity contribution in [2.24, 2.45) is 5.92 Å². The molecule has 2 fully saturated rings. The Morgan fingerprint density at radius 3 is 2.60 bits per heavy atom. The van der Waals surface area contributed by atoms with E-state index in [0.717, 1.165) is 12.8 Å². The van der Waals surface area contributed by atoms with Gasteiger partial charge in [0, 0.05) is 13.1 Å². The monoisotopic (exact) mass is 306 g/mol. The number of hydrogen-bond donors (Lipinski definition) is 2. The molecule has 1 saturated carbocycles. The maximum atomic E-state index is 12.4. The number of ether oxygens (including phenoxy) is 1. The van der Waals surface area contributed by atoms with Gasteiger partial charge in [0.15, 0.2) is 0 Å². The van der Waals surface area contributed by atoms with Crippen LogP contribution < -0.4 is 4.72 Å². The molecule has 2 atom stereocenters. The van der Waals surface area contributed by atoms with Crippen LogP contribution in [-0.4, -0.2) is 55.6 Å². The zero-order chi connectivity index (χ0) is 14.8. The molecule has 0 bridgehead atoms. The molecule has 2 rings (SSSR count). The molecular weight excluding hydrogens is 284 g/mol. The zero-order valence-corrected chi connectivity index (χ0v) is 12.5. The van der Waals surface area contributed by atoms with Gasteiger partial charge in [0.05, 0.1) is 13.2 Å². The maximum absolute atomic E-state index is 12.4. The normalized spacial score (nSPS) is 33.0. The summed E-state index contributed by atoms with van der Waals surface area (Å²) >= 11 is 0. The van der Waals surface area contributed by atoms with Crippen LogP contribution >= 0.6 is 0 Å². The predicted octanol–water partition coefficient (Wildman–Crippen LogP) is 0.187. The Balaban J connectivity index is 2.16. The van der Waals surface area contributed by atoms with Crippen LogP contribution in [-0.2, 0) is 19.7 Å². The third kappa shape index (κ3) is 3.30. The molecule has 1 aliphatic carbocycles. The lowest BCUT2D eigenvalue weighted by Gasteiger charge is -2.38. The average molecular weight is 306 g/mol. The summed E-state index contributed by atoms with van der Waals surface area (Å²) in [4.78, 5) is 11.6. The second-order valence-electron chi connectivity index (χ2n) is 5.71. The van der Waals surface area contributed by atoms with E-state index in [4.69, 9.17) is 4.74 Å². The molecule has 8 heteroatoms. The highest BCUT2D eigenvalue weighted by molar-refractivity contribution is 7.87. The van der Waals surface area contributed by atoms with Crippen molar-refractivity contribution in [2.45, 2.75) is 38.1 Å². The predicted molar refractivity (Wildman–Crippen MR) is 72.4 cm³/mol. The smallest absolute Gasteiger partial charge is 0.324 e. The van der Waals surface area contributed by atoms with Gasteiger partial charge in [0.1, 0.15) is 5.54 Å². The van der Waals surface area contributed by atoms with Gasteiger partial charge in [0.25, 0.3) is 10.2 Å². The molecule has 1 heterocycles. The van der Waals surface area contributed by atoms with E-state index in [1.54, 1.807) is 0 Å². The van der Waals surface area contributed by atoms with E-state index in [-0.39, 0.29) is 19.0 Å². The topological polar surface area (TPSA) is 95.9 Å². The molecule has 116 valence electrons. The van der Waals surface area contributed by atoms with Crippen molar-refractivity contribution < 1.29 is 23.1 Å². The van der Waals surface area contributed by atoms with E-state index in [0.29, 0.717) is 26.1 Å². The van der Waals surface area contributed by atoms with Gasteiger partial charge in [0.2, 0.25) is 0 Å². The highest BCUT2D eigenvalue weighted by Gasteiger charge is 2.46. The molecule has 0 radical (unpaired) electrons. The van der Waals surface area contributed by atoms with E-state index < -0.39 is 21.7 Å². The first-order valence-electron chi connectivity index (χ1n) is 6.96. The Morgan fingerprint density at radius 1 is 1.40 bits per heavy atom. The Kier molecular flexibility index (Phi) is 4.68. The fourth-order valence-electron chi connectivity index (χ4n) is 2.98. The van der Waals surface area contributed by atoms with Gasteiger partial charge in [-0.3, -0.25) is 4.79 Å². The number of carboxylic acids is 1. The van der Waals surface area contributed by atoms with E-state index in [1.807, 2.05) is 6.92 Å². The van der Waals surface area contributed by atoms with E-state index in [1.165, 1.54) is 4.31 Å². The summed E-state index contributed by atoms with van der Waals surface area (Å²) in [7, 11) is -3.79. The summed E-state index contributed by atoms with van der Waals surface area (Å²) < 4.78 is 33.6. The Hall–Kier alpha value is -0.700. The van der Waals surface area contributed by atoms with Gasteiger partial charge < -0.3 is 9.84 Å². The molecule has 0 aromatic heterocycles. The van der Waals surface area contributed by atoms with Gasteiger partial charge in [-0.25, -0.2) is 0 Å². The number of rotatable bonds is 4. The molecule has 20 heavy (non-hydrogen) atoms. The highest BCUT2D eigenvalue weighted by atomic mass is 32.2. The largest absolute Gasteiger partial charge is 0.480 e. The number of morpholine rings is 1. The van der Waals surface area contributed by atoms with Crippen molar-refractivity contribution in [3.05, 3.63) is 0 Å². The quantitative estimate of drug-likeness (QED) is 0.773. The van der Waals surface area contributed by atoms with Gasteiger partial charge in [-0.1, -0.05) is 19.8 Å². The van der Waals surface area contributed by atoms with E-state index >= 15 is 0 Å².